The monoisotopic (exact) mass is 222 g/mol. The van der Waals surface area contributed by atoms with Crippen LogP contribution in [0.2, 0.25) is 0 Å². The number of carbonyl (C=O) groups is 1. The number of allylic oxidation sites excluding steroid dienone is 1. The first kappa shape index (κ1) is 12.4. The van der Waals surface area contributed by atoms with Gasteiger partial charge in [0.15, 0.2) is 0 Å². The lowest BCUT2D eigenvalue weighted by molar-refractivity contribution is 0.0615. The predicted octanol–water partition coefficient (Wildman–Crippen LogP) is 3.69. The maximum absolute atomic E-state index is 12.6. The number of benzene rings is 1. The van der Waals surface area contributed by atoms with Gasteiger partial charge in [-0.1, -0.05) is 19.9 Å². The highest BCUT2D eigenvalue weighted by atomic mass is 19.1. The second-order valence-electron chi connectivity index (χ2n) is 3.54. The van der Waals surface area contributed by atoms with Gasteiger partial charge in [0, 0.05) is 6.42 Å². The molecule has 0 radical (unpaired) electrons. The molecule has 1 aromatic rings. The first-order chi connectivity index (χ1) is 7.63. The lowest BCUT2D eigenvalue weighted by Crippen LogP contribution is -2.04. The van der Waals surface area contributed by atoms with Crippen molar-refractivity contribution in [3.8, 4) is 0 Å². The van der Waals surface area contributed by atoms with Crippen LogP contribution in [-0.4, -0.2) is 5.97 Å². The molecule has 1 aromatic carbocycles. The van der Waals surface area contributed by atoms with Crippen molar-refractivity contribution in [2.24, 2.45) is 0 Å². The van der Waals surface area contributed by atoms with Crippen LogP contribution in [0.25, 0.3) is 0 Å². The average molecular weight is 222 g/mol. The minimum atomic E-state index is -0.485. The zero-order valence-corrected chi connectivity index (χ0v) is 9.33. The summed E-state index contributed by atoms with van der Waals surface area (Å²) in [5.74, 6) is -0.404. The maximum Gasteiger partial charge on any atom is 0.343 e. The zero-order valence-electron chi connectivity index (χ0n) is 9.33. The lowest BCUT2D eigenvalue weighted by atomic mass is 10.2. The van der Waals surface area contributed by atoms with Gasteiger partial charge in [-0.3, -0.25) is 0 Å². The Labute approximate surface area is 94.7 Å². The number of hydrogen-bond acceptors (Lipinski definition) is 2. The number of hydrogen-bond donors (Lipinski definition) is 0. The number of carbonyl (C=O) groups excluding carboxylic acids is 1. The fourth-order valence-corrected chi connectivity index (χ4v) is 1.20. The molecule has 3 heteroatoms. The highest BCUT2D eigenvalue weighted by Gasteiger charge is 2.08. The average Bonchev–Trinajstić information content (AvgIpc) is 2.27. The number of rotatable bonds is 5. The fourth-order valence-electron chi connectivity index (χ4n) is 1.20. The lowest BCUT2D eigenvalue weighted by Gasteiger charge is -2.06. The fraction of sp³-hybridized carbons (Fsp3) is 0.308. The minimum absolute atomic E-state index is 0.332. The maximum atomic E-state index is 12.6. The van der Waals surface area contributed by atoms with Gasteiger partial charge in [-0.25, -0.2) is 9.18 Å². The van der Waals surface area contributed by atoms with E-state index in [4.69, 9.17) is 4.74 Å². The summed E-state index contributed by atoms with van der Waals surface area (Å²) in [5, 5.41) is 0. The van der Waals surface area contributed by atoms with Crippen molar-refractivity contribution in [3.05, 3.63) is 48.0 Å². The van der Waals surface area contributed by atoms with E-state index in [-0.39, 0.29) is 5.82 Å². The van der Waals surface area contributed by atoms with E-state index < -0.39 is 5.97 Å². The summed E-state index contributed by atoms with van der Waals surface area (Å²) in [5.41, 5.74) is 0.332. The molecule has 0 fully saturated rings. The van der Waals surface area contributed by atoms with Gasteiger partial charge >= 0.3 is 5.97 Å². The van der Waals surface area contributed by atoms with Crippen LogP contribution in [0.1, 0.15) is 36.5 Å². The summed E-state index contributed by atoms with van der Waals surface area (Å²) in [6.07, 6.45) is 2.63. The Balaban J connectivity index is 2.52. The summed E-state index contributed by atoms with van der Waals surface area (Å²) < 4.78 is 17.6. The van der Waals surface area contributed by atoms with Gasteiger partial charge in [0.25, 0.3) is 0 Å². The van der Waals surface area contributed by atoms with E-state index in [1.54, 1.807) is 0 Å². The van der Waals surface area contributed by atoms with Crippen molar-refractivity contribution in [1.29, 1.82) is 0 Å². The van der Waals surface area contributed by atoms with Gasteiger partial charge in [0.05, 0.1) is 5.56 Å². The van der Waals surface area contributed by atoms with Gasteiger partial charge < -0.3 is 4.74 Å². The molecule has 0 spiro atoms. The molecular formula is C13H15FO2. The second-order valence-corrected chi connectivity index (χ2v) is 3.54. The molecule has 0 saturated carbocycles. The van der Waals surface area contributed by atoms with E-state index in [0.717, 1.165) is 12.8 Å². The van der Waals surface area contributed by atoms with Crippen molar-refractivity contribution in [1.82, 2.24) is 0 Å². The van der Waals surface area contributed by atoms with Crippen LogP contribution in [0.4, 0.5) is 4.39 Å². The summed E-state index contributed by atoms with van der Waals surface area (Å²) in [6.45, 7) is 5.71. The largest absolute Gasteiger partial charge is 0.428 e. The van der Waals surface area contributed by atoms with Crippen molar-refractivity contribution in [2.45, 2.75) is 26.2 Å². The van der Waals surface area contributed by atoms with E-state index in [1.165, 1.54) is 24.3 Å². The molecule has 0 saturated heterocycles. The van der Waals surface area contributed by atoms with Crippen LogP contribution in [0.5, 0.6) is 0 Å². The van der Waals surface area contributed by atoms with Crippen LogP contribution >= 0.6 is 0 Å². The standard InChI is InChI=1S/C13H15FO2/c1-3-4-5-10(2)16-13(15)11-6-8-12(14)9-7-11/h6-9H,2-5H2,1H3. The molecule has 0 atom stereocenters. The third-order valence-electron chi connectivity index (χ3n) is 2.13. The minimum Gasteiger partial charge on any atom is -0.428 e. The van der Waals surface area contributed by atoms with Gasteiger partial charge in [-0.2, -0.15) is 0 Å². The van der Waals surface area contributed by atoms with E-state index in [0.29, 0.717) is 17.7 Å². The smallest absolute Gasteiger partial charge is 0.343 e. The van der Waals surface area contributed by atoms with Crippen molar-refractivity contribution in [3.63, 3.8) is 0 Å². The Bertz CT molecular complexity index is 368. The Morgan fingerprint density at radius 3 is 2.56 bits per heavy atom. The third kappa shape index (κ3) is 3.85. The SMILES string of the molecule is C=C(CCCC)OC(=O)c1ccc(F)cc1. The van der Waals surface area contributed by atoms with Gasteiger partial charge in [-0.05, 0) is 30.7 Å². The summed E-state index contributed by atoms with van der Waals surface area (Å²) in [7, 11) is 0. The van der Waals surface area contributed by atoms with E-state index in [9.17, 15) is 9.18 Å². The summed E-state index contributed by atoms with van der Waals surface area (Å²) >= 11 is 0. The Morgan fingerprint density at radius 2 is 2.00 bits per heavy atom. The van der Waals surface area contributed by atoms with Crippen LogP contribution in [0.3, 0.4) is 0 Å². The molecule has 1 rings (SSSR count). The second kappa shape index (κ2) is 6.05. The highest BCUT2D eigenvalue weighted by molar-refractivity contribution is 5.89. The molecule has 0 aliphatic carbocycles. The van der Waals surface area contributed by atoms with Gasteiger partial charge in [0.1, 0.15) is 11.6 Å². The molecular weight excluding hydrogens is 207 g/mol. The predicted molar refractivity (Wildman–Crippen MR) is 60.5 cm³/mol. The first-order valence-corrected chi connectivity index (χ1v) is 5.29. The Hall–Kier alpha value is -1.64. The topological polar surface area (TPSA) is 26.3 Å². The van der Waals surface area contributed by atoms with E-state index >= 15 is 0 Å². The van der Waals surface area contributed by atoms with Gasteiger partial charge in [-0.15, -0.1) is 0 Å². The van der Waals surface area contributed by atoms with Crippen molar-refractivity contribution < 1.29 is 13.9 Å². The number of esters is 1. The molecule has 0 aromatic heterocycles. The van der Waals surface area contributed by atoms with Crippen LogP contribution in [0, 0.1) is 5.82 Å². The molecule has 0 bridgehead atoms. The van der Waals surface area contributed by atoms with Crippen molar-refractivity contribution >= 4 is 5.97 Å². The molecule has 0 heterocycles. The number of unbranched alkanes of at least 4 members (excludes halogenated alkanes) is 1. The number of halogens is 1. The van der Waals surface area contributed by atoms with Crippen LogP contribution in [-0.2, 0) is 4.74 Å². The molecule has 0 aliphatic heterocycles. The molecule has 0 amide bonds. The Kier molecular flexibility index (Phi) is 4.70. The normalized spacial score (nSPS) is 9.88. The molecule has 0 aliphatic rings. The molecule has 0 unspecified atom stereocenters. The third-order valence-corrected chi connectivity index (χ3v) is 2.13. The number of ether oxygens (including phenoxy) is 1. The molecule has 86 valence electrons. The first-order valence-electron chi connectivity index (χ1n) is 5.29. The summed E-state index contributed by atoms with van der Waals surface area (Å²) in [4.78, 5) is 11.5. The van der Waals surface area contributed by atoms with E-state index in [2.05, 4.69) is 13.5 Å². The quantitative estimate of drug-likeness (QED) is 0.561. The molecule has 2 nitrogen and oxygen atoms in total. The van der Waals surface area contributed by atoms with E-state index in [1.807, 2.05) is 0 Å². The highest BCUT2D eigenvalue weighted by Crippen LogP contribution is 2.11. The van der Waals surface area contributed by atoms with Crippen LogP contribution < -0.4 is 0 Å². The Morgan fingerprint density at radius 1 is 1.38 bits per heavy atom. The zero-order chi connectivity index (χ0) is 12.0. The van der Waals surface area contributed by atoms with Gasteiger partial charge in [0.2, 0.25) is 0 Å². The molecule has 16 heavy (non-hydrogen) atoms. The molecule has 0 N–H and O–H groups in total. The van der Waals surface area contributed by atoms with Crippen molar-refractivity contribution in [2.75, 3.05) is 0 Å². The van der Waals surface area contributed by atoms with Crippen LogP contribution in [0.15, 0.2) is 36.6 Å². The summed E-state index contributed by atoms with van der Waals surface area (Å²) in [6, 6.07) is 5.24.